The molecule has 1 amide bonds. The van der Waals surface area contributed by atoms with Crippen LogP contribution in [-0.4, -0.2) is 25.2 Å². The highest BCUT2D eigenvalue weighted by atomic mass is 16.5. The van der Waals surface area contributed by atoms with Crippen molar-refractivity contribution in [1.82, 2.24) is 0 Å². The number of carbonyl (C=O) groups excluding carboxylic acids is 1. The van der Waals surface area contributed by atoms with Gasteiger partial charge in [0.25, 0.3) is 5.91 Å². The summed E-state index contributed by atoms with van der Waals surface area (Å²) in [6.07, 6.45) is 4.27. The first-order valence-electron chi connectivity index (χ1n) is 8.53. The first-order valence-corrected chi connectivity index (χ1v) is 8.53. The van der Waals surface area contributed by atoms with Crippen molar-refractivity contribution in [1.29, 1.82) is 0 Å². The number of amides is 1. The molecule has 0 spiro atoms. The quantitative estimate of drug-likeness (QED) is 0.729. The summed E-state index contributed by atoms with van der Waals surface area (Å²) in [5.41, 5.74) is 2.15. The predicted octanol–water partition coefficient (Wildman–Crippen LogP) is 4.24. The zero-order valence-electron chi connectivity index (χ0n) is 15.0. The van der Waals surface area contributed by atoms with E-state index in [1.165, 1.54) is 0 Å². The van der Waals surface area contributed by atoms with Gasteiger partial charge in [-0.2, -0.15) is 0 Å². The van der Waals surface area contributed by atoms with Crippen LogP contribution in [0.1, 0.15) is 50.7 Å². The third kappa shape index (κ3) is 4.05. The average Bonchev–Trinajstić information content (AvgIpc) is 3.34. The molecule has 1 aromatic carbocycles. The number of ether oxygens (including phenoxy) is 2. The van der Waals surface area contributed by atoms with Gasteiger partial charge in [-0.1, -0.05) is 13.3 Å². The molecule has 4 nitrogen and oxygen atoms in total. The molecular weight excluding hydrogens is 290 g/mol. The van der Waals surface area contributed by atoms with Gasteiger partial charge in [-0.05, 0) is 69.2 Å². The minimum Gasteiger partial charge on any atom is -0.493 e. The topological polar surface area (TPSA) is 47.6 Å². The summed E-state index contributed by atoms with van der Waals surface area (Å²) in [6.45, 7) is 8.78. The molecule has 2 rings (SSSR count). The minimum absolute atomic E-state index is 0.0686. The zero-order chi connectivity index (χ0) is 17.0. The van der Waals surface area contributed by atoms with Crippen molar-refractivity contribution in [3.63, 3.8) is 0 Å². The first-order chi connectivity index (χ1) is 10.9. The standard InChI is InChI=1S/C19H29NO3/c1-6-7-10-23-17-13(2)11-16(12-14(17)3)20-18(21)19(4,22-5)15-8-9-15/h11-12,15H,6-10H2,1-5H3,(H,20,21)/t19-/m0/s1. The van der Waals surface area contributed by atoms with E-state index in [9.17, 15) is 4.79 Å². The smallest absolute Gasteiger partial charge is 0.256 e. The molecule has 0 saturated heterocycles. The summed E-state index contributed by atoms with van der Waals surface area (Å²) in [5, 5.41) is 3.01. The summed E-state index contributed by atoms with van der Waals surface area (Å²) in [6, 6.07) is 3.93. The molecule has 1 aliphatic rings. The van der Waals surface area contributed by atoms with Crippen LogP contribution in [0.4, 0.5) is 5.69 Å². The molecule has 0 heterocycles. The van der Waals surface area contributed by atoms with Gasteiger partial charge in [0.15, 0.2) is 0 Å². The Kier molecular flexibility index (Phi) is 5.69. The van der Waals surface area contributed by atoms with Gasteiger partial charge in [0.2, 0.25) is 0 Å². The fourth-order valence-corrected chi connectivity index (χ4v) is 2.90. The Morgan fingerprint density at radius 3 is 2.39 bits per heavy atom. The predicted molar refractivity (Wildman–Crippen MR) is 93.1 cm³/mol. The van der Waals surface area contributed by atoms with Crippen LogP contribution >= 0.6 is 0 Å². The van der Waals surface area contributed by atoms with Gasteiger partial charge < -0.3 is 14.8 Å². The number of carbonyl (C=O) groups is 1. The largest absolute Gasteiger partial charge is 0.493 e. The van der Waals surface area contributed by atoms with Crippen LogP contribution in [0.5, 0.6) is 5.75 Å². The third-order valence-corrected chi connectivity index (χ3v) is 4.69. The van der Waals surface area contributed by atoms with Crippen LogP contribution in [0.25, 0.3) is 0 Å². The average molecular weight is 319 g/mol. The second-order valence-corrected chi connectivity index (χ2v) is 6.68. The van der Waals surface area contributed by atoms with Crippen molar-refractivity contribution in [2.24, 2.45) is 5.92 Å². The van der Waals surface area contributed by atoms with Gasteiger partial charge in [-0.15, -0.1) is 0 Å². The van der Waals surface area contributed by atoms with E-state index in [0.717, 1.165) is 54.9 Å². The summed E-state index contributed by atoms with van der Waals surface area (Å²) in [7, 11) is 1.61. The summed E-state index contributed by atoms with van der Waals surface area (Å²) in [5.74, 6) is 1.18. The van der Waals surface area contributed by atoms with Crippen molar-refractivity contribution in [2.75, 3.05) is 19.0 Å². The molecule has 0 unspecified atom stereocenters. The molecule has 1 aromatic rings. The van der Waals surface area contributed by atoms with Gasteiger partial charge in [0, 0.05) is 12.8 Å². The highest BCUT2D eigenvalue weighted by molar-refractivity contribution is 5.97. The molecule has 1 N–H and O–H groups in total. The van der Waals surface area contributed by atoms with Crippen LogP contribution in [-0.2, 0) is 9.53 Å². The van der Waals surface area contributed by atoms with Crippen molar-refractivity contribution in [3.8, 4) is 5.75 Å². The summed E-state index contributed by atoms with van der Waals surface area (Å²) >= 11 is 0. The van der Waals surface area contributed by atoms with Crippen LogP contribution in [0.2, 0.25) is 0 Å². The first kappa shape index (κ1) is 17.8. The third-order valence-electron chi connectivity index (χ3n) is 4.69. The molecule has 0 radical (unpaired) electrons. The molecule has 0 bridgehead atoms. The molecule has 1 aliphatic carbocycles. The minimum atomic E-state index is -0.738. The van der Waals surface area contributed by atoms with Crippen molar-refractivity contribution in [3.05, 3.63) is 23.3 Å². The van der Waals surface area contributed by atoms with Gasteiger partial charge >= 0.3 is 0 Å². The Bertz CT molecular complexity index is 543. The van der Waals surface area contributed by atoms with E-state index < -0.39 is 5.60 Å². The van der Waals surface area contributed by atoms with Gasteiger partial charge in [0.1, 0.15) is 11.4 Å². The van der Waals surface area contributed by atoms with Crippen molar-refractivity contribution < 1.29 is 14.3 Å². The summed E-state index contributed by atoms with van der Waals surface area (Å²) < 4.78 is 11.4. The van der Waals surface area contributed by atoms with Crippen LogP contribution < -0.4 is 10.1 Å². The lowest BCUT2D eigenvalue weighted by atomic mass is 9.98. The molecule has 0 aliphatic heterocycles. The van der Waals surface area contributed by atoms with Crippen molar-refractivity contribution in [2.45, 2.75) is 59.0 Å². The molecule has 1 saturated carbocycles. The lowest BCUT2D eigenvalue weighted by Gasteiger charge is -2.27. The van der Waals surface area contributed by atoms with E-state index in [1.807, 2.05) is 32.9 Å². The Morgan fingerprint density at radius 1 is 1.30 bits per heavy atom. The number of benzene rings is 1. The number of rotatable bonds is 8. The maximum Gasteiger partial charge on any atom is 0.256 e. The Labute approximate surface area is 139 Å². The fourth-order valence-electron chi connectivity index (χ4n) is 2.90. The van der Waals surface area contributed by atoms with E-state index in [0.29, 0.717) is 5.92 Å². The number of aryl methyl sites for hydroxylation is 2. The lowest BCUT2D eigenvalue weighted by molar-refractivity contribution is -0.138. The lowest BCUT2D eigenvalue weighted by Crippen LogP contribution is -2.44. The zero-order valence-corrected chi connectivity index (χ0v) is 15.0. The Balaban J connectivity index is 2.10. The Hall–Kier alpha value is -1.55. The number of nitrogens with one attached hydrogen (secondary N) is 1. The van der Waals surface area contributed by atoms with Crippen LogP contribution in [0.15, 0.2) is 12.1 Å². The molecule has 1 atom stereocenters. The Morgan fingerprint density at radius 2 is 1.91 bits per heavy atom. The normalized spacial score (nSPS) is 16.7. The van der Waals surface area contributed by atoms with E-state index in [-0.39, 0.29) is 5.91 Å². The number of unbranched alkanes of at least 4 members (excludes halogenated alkanes) is 1. The molecular formula is C19H29NO3. The van der Waals surface area contributed by atoms with Crippen molar-refractivity contribution >= 4 is 11.6 Å². The number of hydrogen-bond donors (Lipinski definition) is 1. The van der Waals surface area contributed by atoms with E-state index in [4.69, 9.17) is 9.47 Å². The SMILES string of the molecule is CCCCOc1c(C)cc(NC(=O)[C@@](C)(OC)C2CC2)cc1C. The number of hydrogen-bond acceptors (Lipinski definition) is 3. The van der Waals surface area contributed by atoms with E-state index >= 15 is 0 Å². The highest BCUT2D eigenvalue weighted by Gasteiger charge is 2.47. The molecule has 23 heavy (non-hydrogen) atoms. The molecule has 4 heteroatoms. The van der Waals surface area contributed by atoms with Gasteiger partial charge in [-0.25, -0.2) is 0 Å². The number of anilines is 1. The van der Waals surface area contributed by atoms with E-state index in [2.05, 4.69) is 12.2 Å². The van der Waals surface area contributed by atoms with Crippen LogP contribution in [0.3, 0.4) is 0 Å². The maximum absolute atomic E-state index is 12.6. The second kappa shape index (κ2) is 7.35. The van der Waals surface area contributed by atoms with Gasteiger partial charge in [0.05, 0.1) is 6.61 Å². The maximum atomic E-state index is 12.6. The monoisotopic (exact) mass is 319 g/mol. The summed E-state index contributed by atoms with van der Waals surface area (Å²) in [4.78, 5) is 12.6. The molecule has 128 valence electrons. The number of methoxy groups -OCH3 is 1. The van der Waals surface area contributed by atoms with Crippen LogP contribution in [0, 0.1) is 19.8 Å². The second-order valence-electron chi connectivity index (χ2n) is 6.68. The molecule has 1 fully saturated rings. The fraction of sp³-hybridized carbons (Fsp3) is 0.632. The highest BCUT2D eigenvalue weighted by Crippen LogP contribution is 2.42. The molecule has 0 aromatic heterocycles. The van der Waals surface area contributed by atoms with E-state index in [1.54, 1.807) is 7.11 Å². The van der Waals surface area contributed by atoms with Gasteiger partial charge in [-0.3, -0.25) is 4.79 Å².